The van der Waals surface area contributed by atoms with E-state index in [4.69, 9.17) is 4.74 Å². The largest absolute Gasteiger partial charge is 0.375 e. The molecule has 1 saturated heterocycles. The quantitative estimate of drug-likeness (QED) is 0.845. The normalized spacial score (nSPS) is 20.6. The van der Waals surface area contributed by atoms with Crippen molar-refractivity contribution in [3.63, 3.8) is 0 Å². The Balaban J connectivity index is 1.91. The summed E-state index contributed by atoms with van der Waals surface area (Å²) in [5, 5.41) is 4.08. The minimum atomic E-state index is 0.0994. The molecule has 2 rings (SSSR count). The van der Waals surface area contributed by atoms with Gasteiger partial charge in [0.1, 0.15) is 6.54 Å². The van der Waals surface area contributed by atoms with Gasteiger partial charge in [0.15, 0.2) is 0 Å². The average molecular weight is 302 g/mol. The van der Waals surface area contributed by atoms with E-state index in [0.717, 1.165) is 10.9 Å². The molecule has 0 aliphatic carbocycles. The van der Waals surface area contributed by atoms with Crippen LogP contribution in [0, 0.1) is 0 Å². The zero-order valence-corrected chi connectivity index (χ0v) is 11.4. The van der Waals surface area contributed by atoms with Crippen molar-refractivity contribution >= 4 is 21.8 Å². The number of ether oxygens (including phenoxy) is 1. The lowest BCUT2D eigenvalue weighted by atomic mass is 10.2. The van der Waals surface area contributed by atoms with Crippen LogP contribution in [0.25, 0.3) is 0 Å². The fraction of sp³-hybridized carbons (Fsp3) is 0.636. The second-order valence-electron chi connectivity index (χ2n) is 4.10. The third kappa shape index (κ3) is 3.29. The van der Waals surface area contributed by atoms with Crippen molar-refractivity contribution in [2.75, 3.05) is 19.7 Å². The lowest BCUT2D eigenvalue weighted by Crippen LogP contribution is -2.46. The zero-order valence-electron chi connectivity index (χ0n) is 9.80. The third-order valence-corrected chi connectivity index (χ3v) is 3.26. The van der Waals surface area contributed by atoms with Crippen LogP contribution in [-0.2, 0) is 16.1 Å². The molecule has 1 unspecified atom stereocenters. The summed E-state index contributed by atoms with van der Waals surface area (Å²) in [6.07, 6.45) is 4.60. The first-order valence-electron chi connectivity index (χ1n) is 5.76. The molecule has 1 atom stereocenters. The maximum atomic E-state index is 12.0. The maximum absolute atomic E-state index is 12.0. The molecular formula is C11H16BrN3O2. The molecule has 2 heterocycles. The molecule has 94 valence electrons. The van der Waals surface area contributed by atoms with Crippen molar-refractivity contribution in [1.29, 1.82) is 0 Å². The number of morpholine rings is 1. The van der Waals surface area contributed by atoms with E-state index in [-0.39, 0.29) is 12.0 Å². The summed E-state index contributed by atoms with van der Waals surface area (Å²) in [5.74, 6) is 0.0994. The second-order valence-corrected chi connectivity index (χ2v) is 5.01. The maximum Gasteiger partial charge on any atom is 0.244 e. The topological polar surface area (TPSA) is 47.4 Å². The Morgan fingerprint density at radius 2 is 2.53 bits per heavy atom. The van der Waals surface area contributed by atoms with Gasteiger partial charge in [0.05, 0.1) is 23.4 Å². The van der Waals surface area contributed by atoms with E-state index < -0.39 is 0 Å². The molecule has 6 heteroatoms. The number of amides is 1. The lowest BCUT2D eigenvalue weighted by molar-refractivity contribution is -0.139. The van der Waals surface area contributed by atoms with Crippen LogP contribution in [0.2, 0.25) is 0 Å². The Labute approximate surface area is 109 Å². The highest BCUT2D eigenvalue weighted by Crippen LogP contribution is 2.10. The van der Waals surface area contributed by atoms with E-state index in [1.165, 1.54) is 0 Å². The summed E-state index contributed by atoms with van der Waals surface area (Å²) < 4.78 is 8.07. The number of hydrogen-bond acceptors (Lipinski definition) is 3. The van der Waals surface area contributed by atoms with Crippen molar-refractivity contribution in [2.24, 2.45) is 0 Å². The number of nitrogens with zero attached hydrogens (tertiary/aromatic N) is 3. The van der Waals surface area contributed by atoms with Gasteiger partial charge in [-0.15, -0.1) is 0 Å². The van der Waals surface area contributed by atoms with Crippen molar-refractivity contribution in [2.45, 2.75) is 26.0 Å². The highest BCUT2D eigenvalue weighted by molar-refractivity contribution is 9.10. The SMILES string of the molecule is CCC1CN(C(=O)Cn2cc(Br)cn2)CCO1. The molecule has 1 aliphatic heterocycles. The van der Waals surface area contributed by atoms with Gasteiger partial charge in [0.2, 0.25) is 5.91 Å². The van der Waals surface area contributed by atoms with Crippen LogP contribution in [0.3, 0.4) is 0 Å². The molecule has 0 radical (unpaired) electrons. The first-order chi connectivity index (χ1) is 8.19. The Morgan fingerprint density at radius 3 is 3.18 bits per heavy atom. The van der Waals surface area contributed by atoms with Crippen LogP contribution in [0.4, 0.5) is 0 Å². The summed E-state index contributed by atoms with van der Waals surface area (Å²) in [6, 6.07) is 0. The average Bonchev–Trinajstić information content (AvgIpc) is 2.75. The molecule has 1 aliphatic rings. The summed E-state index contributed by atoms with van der Waals surface area (Å²) in [6.45, 7) is 4.37. The standard InChI is InChI=1S/C11H16BrN3O2/c1-2-10-7-14(3-4-17-10)11(16)8-15-6-9(12)5-13-15/h5-6,10H,2-4,7-8H2,1H3. The van der Waals surface area contributed by atoms with Crippen LogP contribution >= 0.6 is 15.9 Å². The third-order valence-electron chi connectivity index (χ3n) is 2.85. The smallest absolute Gasteiger partial charge is 0.244 e. The number of halogens is 1. The molecule has 0 aromatic carbocycles. The van der Waals surface area contributed by atoms with E-state index in [2.05, 4.69) is 28.0 Å². The molecule has 5 nitrogen and oxygen atoms in total. The van der Waals surface area contributed by atoms with Crippen LogP contribution in [0.1, 0.15) is 13.3 Å². The lowest BCUT2D eigenvalue weighted by Gasteiger charge is -2.32. The minimum Gasteiger partial charge on any atom is -0.375 e. The summed E-state index contributed by atoms with van der Waals surface area (Å²) >= 11 is 3.31. The Bertz CT molecular complexity index is 394. The fourth-order valence-corrected chi connectivity index (χ4v) is 2.18. The van der Waals surface area contributed by atoms with E-state index in [9.17, 15) is 4.79 Å². The van der Waals surface area contributed by atoms with Crippen molar-refractivity contribution in [3.8, 4) is 0 Å². The molecule has 1 amide bonds. The van der Waals surface area contributed by atoms with Gasteiger partial charge in [-0.05, 0) is 22.4 Å². The van der Waals surface area contributed by atoms with Gasteiger partial charge in [0, 0.05) is 19.3 Å². The van der Waals surface area contributed by atoms with Gasteiger partial charge in [0.25, 0.3) is 0 Å². The molecule has 1 aromatic heterocycles. The molecule has 1 fully saturated rings. The summed E-state index contributed by atoms with van der Waals surface area (Å²) in [7, 11) is 0. The van der Waals surface area contributed by atoms with E-state index in [1.54, 1.807) is 17.1 Å². The molecule has 17 heavy (non-hydrogen) atoms. The number of carbonyl (C=O) groups excluding carboxylic acids is 1. The Morgan fingerprint density at radius 1 is 1.71 bits per heavy atom. The first kappa shape index (κ1) is 12.6. The van der Waals surface area contributed by atoms with Gasteiger partial charge in [-0.3, -0.25) is 9.48 Å². The fourth-order valence-electron chi connectivity index (χ4n) is 1.86. The predicted molar refractivity (Wildman–Crippen MR) is 66.5 cm³/mol. The van der Waals surface area contributed by atoms with Gasteiger partial charge >= 0.3 is 0 Å². The Hall–Kier alpha value is -0.880. The van der Waals surface area contributed by atoms with Crippen molar-refractivity contribution in [3.05, 3.63) is 16.9 Å². The first-order valence-corrected chi connectivity index (χ1v) is 6.55. The van der Waals surface area contributed by atoms with Crippen LogP contribution in [0.15, 0.2) is 16.9 Å². The van der Waals surface area contributed by atoms with Gasteiger partial charge < -0.3 is 9.64 Å². The van der Waals surface area contributed by atoms with Crippen molar-refractivity contribution < 1.29 is 9.53 Å². The van der Waals surface area contributed by atoms with E-state index in [1.807, 2.05) is 4.90 Å². The summed E-state index contributed by atoms with van der Waals surface area (Å²) in [4.78, 5) is 13.9. The zero-order chi connectivity index (χ0) is 12.3. The number of rotatable bonds is 3. The number of aromatic nitrogens is 2. The van der Waals surface area contributed by atoms with E-state index >= 15 is 0 Å². The van der Waals surface area contributed by atoms with Crippen LogP contribution < -0.4 is 0 Å². The van der Waals surface area contributed by atoms with Gasteiger partial charge in [-0.1, -0.05) is 6.92 Å². The predicted octanol–water partition coefficient (Wildman–Crippen LogP) is 1.28. The molecule has 0 bridgehead atoms. The number of carbonyl (C=O) groups is 1. The molecule has 0 spiro atoms. The van der Waals surface area contributed by atoms with Crippen LogP contribution in [0.5, 0.6) is 0 Å². The van der Waals surface area contributed by atoms with Gasteiger partial charge in [-0.2, -0.15) is 5.10 Å². The van der Waals surface area contributed by atoms with Gasteiger partial charge in [-0.25, -0.2) is 0 Å². The summed E-state index contributed by atoms with van der Waals surface area (Å²) in [5.41, 5.74) is 0. The molecule has 0 saturated carbocycles. The second kappa shape index (κ2) is 5.64. The van der Waals surface area contributed by atoms with Crippen LogP contribution in [-0.4, -0.2) is 46.4 Å². The number of hydrogen-bond donors (Lipinski definition) is 0. The van der Waals surface area contributed by atoms with Crippen molar-refractivity contribution in [1.82, 2.24) is 14.7 Å². The minimum absolute atomic E-state index is 0.0994. The highest BCUT2D eigenvalue weighted by Gasteiger charge is 2.23. The van der Waals surface area contributed by atoms with E-state index in [0.29, 0.717) is 26.2 Å². The Kier molecular flexibility index (Phi) is 4.17. The monoisotopic (exact) mass is 301 g/mol. The molecular weight excluding hydrogens is 286 g/mol. The highest BCUT2D eigenvalue weighted by atomic mass is 79.9. The molecule has 0 N–H and O–H groups in total. The molecule has 1 aromatic rings.